The number of para-hydroxylation sites is 1. The van der Waals surface area contributed by atoms with E-state index in [1.54, 1.807) is 42.5 Å². The summed E-state index contributed by atoms with van der Waals surface area (Å²) in [6.07, 6.45) is 0. The number of aryl methyl sites for hydroxylation is 2. The monoisotopic (exact) mass is 386 g/mol. The third-order valence-corrected chi connectivity index (χ3v) is 4.43. The first-order valence-electron chi connectivity index (χ1n) is 8.28. The maximum absolute atomic E-state index is 12.5. The molecule has 1 aromatic heterocycles. The molecule has 2 aromatic carbocycles. The van der Waals surface area contributed by atoms with E-state index in [4.69, 9.17) is 25.6 Å². The topological polar surface area (TPSA) is 73.6 Å². The number of hydrogen-bond donors (Lipinski definition) is 1. The van der Waals surface area contributed by atoms with Crippen molar-refractivity contribution in [1.82, 2.24) is 5.16 Å². The fourth-order valence-corrected chi connectivity index (χ4v) is 2.73. The number of nitrogens with one attached hydrogen (secondary N) is 1. The number of rotatable bonds is 6. The average molecular weight is 387 g/mol. The highest BCUT2D eigenvalue weighted by atomic mass is 35.5. The van der Waals surface area contributed by atoms with Crippen LogP contribution < -0.4 is 14.8 Å². The zero-order valence-corrected chi connectivity index (χ0v) is 16.0. The molecule has 0 fully saturated rings. The highest BCUT2D eigenvalue weighted by Crippen LogP contribution is 2.30. The zero-order chi connectivity index (χ0) is 19.4. The first kappa shape index (κ1) is 18.8. The molecular weight excluding hydrogens is 368 g/mol. The summed E-state index contributed by atoms with van der Waals surface area (Å²) in [7, 11) is 1.52. The summed E-state index contributed by atoms with van der Waals surface area (Å²) in [4.78, 5) is 12.5. The Morgan fingerprint density at radius 2 is 1.96 bits per heavy atom. The Morgan fingerprint density at radius 3 is 2.63 bits per heavy atom. The molecule has 0 bridgehead atoms. The van der Waals surface area contributed by atoms with Crippen molar-refractivity contribution in [3.63, 3.8) is 0 Å². The Labute approximate surface area is 162 Å². The van der Waals surface area contributed by atoms with Crippen LogP contribution in [0.15, 0.2) is 47.0 Å². The van der Waals surface area contributed by atoms with Crippen molar-refractivity contribution in [2.75, 3.05) is 12.4 Å². The molecule has 0 aliphatic carbocycles. The van der Waals surface area contributed by atoms with Gasteiger partial charge >= 0.3 is 0 Å². The number of anilines is 1. The highest BCUT2D eigenvalue weighted by Gasteiger charge is 2.15. The lowest BCUT2D eigenvalue weighted by molar-refractivity contribution is 0.102. The number of halogens is 1. The van der Waals surface area contributed by atoms with Crippen LogP contribution >= 0.6 is 11.6 Å². The van der Waals surface area contributed by atoms with Crippen LogP contribution in [0.1, 0.15) is 27.4 Å². The highest BCUT2D eigenvalue weighted by molar-refractivity contribution is 6.33. The molecule has 1 N–H and O–H groups in total. The van der Waals surface area contributed by atoms with Crippen molar-refractivity contribution in [2.24, 2.45) is 0 Å². The Hall–Kier alpha value is -2.99. The molecule has 0 unspecified atom stereocenters. The maximum Gasteiger partial charge on any atom is 0.255 e. The number of nitrogens with zero attached hydrogens (tertiary/aromatic N) is 1. The minimum Gasteiger partial charge on any atom is -0.493 e. The Balaban J connectivity index is 1.75. The molecule has 0 aliphatic heterocycles. The van der Waals surface area contributed by atoms with E-state index in [-0.39, 0.29) is 5.91 Å². The molecule has 0 radical (unpaired) electrons. The van der Waals surface area contributed by atoms with E-state index >= 15 is 0 Å². The molecular formula is C20H19ClN2O4. The molecule has 7 heteroatoms. The fourth-order valence-electron chi connectivity index (χ4n) is 2.54. The van der Waals surface area contributed by atoms with Gasteiger partial charge in [0.15, 0.2) is 11.5 Å². The fraction of sp³-hybridized carbons (Fsp3) is 0.200. The van der Waals surface area contributed by atoms with E-state index in [0.717, 1.165) is 11.3 Å². The van der Waals surface area contributed by atoms with Crippen molar-refractivity contribution in [3.8, 4) is 11.5 Å². The molecule has 0 aliphatic rings. The predicted molar refractivity (Wildman–Crippen MR) is 103 cm³/mol. The number of hydrogen-bond acceptors (Lipinski definition) is 5. The third kappa shape index (κ3) is 4.23. The second-order valence-electron chi connectivity index (χ2n) is 5.89. The molecule has 3 rings (SSSR count). The van der Waals surface area contributed by atoms with Gasteiger partial charge in [-0.1, -0.05) is 28.9 Å². The van der Waals surface area contributed by atoms with E-state index in [9.17, 15) is 4.79 Å². The van der Waals surface area contributed by atoms with Gasteiger partial charge in [0.25, 0.3) is 5.91 Å². The van der Waals surface area contributed by atoms with Crippen molar-refractivity contribution < 1.29 is 18.8 Å². The summed E-state index contributed by atoms with van der Waals surface area (Å²) in [6, 6.07) is 12.0. The van der Waals surface area contributed by atoms with E-state index in [0.29, 0.717) is 40.1 Å². The summed E-state index contributed by atoms with van der Waals surface area (Å²) in [5, 5.41) is 7.15. The summed E-state index contributed by atoms with van der Waals surface area (Å²) >= 11 is 6.08. The van der Waals surface area contributed by atoms with Gasteiger partial charge in [0, 0.05) is 5.56 Å². The predicted octanol–water partition coefficient (Wildman–Crippen LogP) is 4.78. The molecule has 27 heavy (non-hydrogen) atoms. The van der Waals surface area contributed by atoms with Crippen LogP contribution in [0.5, 0.6) is 11.5 Å². The minimum absolute atomic E-state index is 0.293. The lowest BCUT2D eigenvalue weighted by Gasteiger charge is -2.12. The van der Waals surface area contributed by atoms with Gasteiger partial charge in [0.05, 0.1) is 29.1 Å². The third-order valence-electron chi connectivity index (χ3n) is 4.10. The van der Waals surface area contributed by atoms with Crippen molar-refractivity contribution >= 4 is 23.2 Å². The van der Waals surface area contributed by atoms with Crippen molar-refractivity contribution in [1.29, 1.82) is 0 Å². The number of ether oxygens (including phenoxy) is 2. The first-order valence-corrected chi connectivity index (χ1v) is 8.66. The molecule has 0 saturated carbocycles. The maximum atomic E-state index is 12.5. The number of carbonyl (C=O) groups excluding carboxylic acids is 1. The lowest BCUT2D eigenvalue weighted by Crippen LogP contribution is -2.12. The quantitative estimate of drug-likeness (QED) is 0.659. The summed E-state index contributed by atoms with van der Waals surface area (Å²) in [5.74, 6) is 1.39. The number of aromatic nitrogens is 1. The van der Waals surface area contributed by atoms with Crippen LogP contribution in [0.2, 0.25) is 5.02 Å². The zero-order valence-electron chi connectivity index (χ0n) is 15.2. The van der Waals surface area contributed by atoms with Gasteiger partial charge in [-0.2, -0.15) is 0 Å². The van der Waals surface area contributed by atoms with Gasteiger partial charge in [0.2, 0.25) is 0 Å². The van der Waals surface area contributed by atoms with E-state index < -0.39 is 0 Å². The van der Waals surface area contributed by atoms with Gasteiger partial charge < -0.3 is 19.3 Å². The molecule has 0 atom stereocenters. The lowest BCUT2D eigenvalue weighted by atomic mass is 10.1. The van der Waals surface area contributed by atoms with Gasteiger partial charge in [0.1, 0.15) is 12.4 Å². The molecule has 1 amide bonds. The SMILES string of the molecule is COc1cc(C(=O)Nc2ccccc2Cl)ccc1OCc1c(C)noc1C. The first-order chi connectivity index (χ1) is 13.0. The van der Waals surface area contributed by atoms with Crippen LogP contribution in [0.25, 0.3) is 0 Å². The van der Waals surface area contributed by atoms with Gasteiger partial charge in [-0.25, -0.2) is 0 Å². The average Bonchev–Trinajstić information content (AvgIpc) is 2.99. The van der Waals surface area contributed by atoms with Crippen LogP contribution in [-0.4, -0.2) is 18.2 Å². The normalized spacial score (nSPS) is 10.5. The Morgan fingerprint density at radius 1 is 1.19 bits per heavy atom. The summed E-state index contributed by atoms with van der Waals surface area (Å²) in [6.45, 7) is 3.98. The van der Waals surface area contributed by atoms with E-state index in [1.165, 1.54) is 7.11 Å². The second-order valence-corrected chi connectivity index (χ2v) is 6.30. The standard InChI is InChI=1S/C20H19ClN2O4/c1-12-15(13(2)27-23-12)11-26-18-9-8-14(10-19(18)25-3)20(24)22-17-7-5-4-6-16(17)21/h4-10H,11H2,1-3H3,(H,22,24). The summed E-state index contributed by atoms with van der Waals surface area (Å²) < 4.78 is 16.3. The van der Waals surface area contributed by atoms with Crippen LogP contribution in [0.3, 0.4) is 0 Å². The molecule has 1 heterocycles. The summed E-state index contributed by atoms with van der Waals surface area (Å²) in [5.41, 5.74) is 2.64. The Bertz CT molecular complexity index is 949. The Kier molecular flexibility index (Phi) is 5.66. The van der Waals surface area contributed by atoms with Gasteiger partial charge in [-0.15, -0.1) is 0 Å². The second kappa shape index (κ2) is 8.14. The van der Waals surface area contributed by atoms with Crippen molar-refractivity contribution in [3.05, 3.63) is 70.1 Å². The van der Waals surface area contributed by atoms with Crippen LogP contribution in [0, 0.1) is 13.8 Å². The largest absolute Gasteiger partial charge is 0.493 e. The number of benzene rings is 2. The smallest absolute Gasteiger partial charge is 0.255 e. The minimum atomic E-state index is -0.293. The number of amides is 1. The van der Waals surface area contributed by atoms with Crippen LogP contribution in [0.4, 0.5) is 5.69 Å². The molecule has 3 aromatic rings. The molecule has 0 spiro atoms. The van der Waals surface area contributed by atoms with Gasteiger partial charge in [-0.3, -0.25) is 4.79 Å². The van der Waals surface area contributed by atoms with E-state index in [1.807, 2.05) is 13.8 Å². The number of carbonyl (C=O) groups is 1. The molecule has 0 saturated heterocycles. The molecule has 6 nitrogen and oxygen atoms in total. The van der Waals surface area contributed by atoms with E-state index in [2.05, 4.69) is 10.5 Å². The molecule has 140 valence electrons. The van der Waals surface area contributed by atoms with Crippen LogP contribution in [-0.2, 0) is 6.61 Å². The van der Waals surface area contributed by atoms with Gasteiger partial charge in [-0.05, 0) is 44.2 Å². The van der Waals surface area contributed by atoms with Crippen molar-refractivity contribution in [2.45, 2.75) is 20.5 Å². The number of methoxy groups -OCH3 is 1.